The van der Waals surface area contributed by atoms with Gasteiger partial charge < -0.3 is 24.0 Å². The summed E-state index contributed by atoms with van der Waals surface area (Å²) in [7, 11) is 0. The number of carbonyl (C=O) groups is 2. The monoisotopic (exact) mass is 549 g/mol. The number of para-hydroxylation sites is 2. The fourth-order valence-corrected chi connectivity index (χ4v) is 5.65. The maximum Gasteiger partial charge on any atom is 0.302 e. The third-order valence-corrected chi connectivity index (χ3v) is 7.79. The molecule has 2 aliphatic rings. The molecular weight excluding hydrogens is 514 g/mol. The van der Waals surface area contributed by atoms with E-state index < -0.39 is 0 Å². The molecule has 0 spiro atoms. The molecule has 1 amide bonds. The Kier molecular flexibility index (Phi) is 8.74. The van der Waals surface area contributed by atoms with Gasteiger partial charge in [-0.1, -0.05) is 41.9 Å². The van der Waals surface area contributed by atoms with Crippen molar-refractivity contribution in [1.29, 1.82) is 0 Å². The minimum Gasteiger partial charge on any atom is -0.464 e. The molecule has 3 heterocycles. The molecule has 0 atom stereocenters. The van der Waals surface area contributed by atoms with Gasteiger partial charge in [-0.05, 0) is 35.9 Å². The lowest BCUT2D eigenvalue weighted by molar-refractivity contribution is -0.141. The number of halogens is 1. The van der Waals surface area contributed by atoms with Crippen LogP contribution >= 0.6 is 11.6 Å². The van der Waals surface area contributed by atoms with Crippen LogP contribution < -0.4 is 9.80 Å². The molecule has 2 aliphatic heterocycles. The molecule has 8 nitrogen and oxygen atoms in total. The molecule has 5 rings (SSSR count). The average molecular weight is 550 g/mol. The SMILES string of the molecule is CC(=O)OCCn1cc(CN2CCN(c3ccccc3Cl)CC2)cc1C(=O)N1CCN(c2ccccc2)CC1. The van der Waals surface area contributed by atoms with Crippen LogP contribution in [0.1, 0.15) is 23.0 Å². The van der Waals surface area contributed by atoms with Crippen molar-refractivity contribution in [2.45, 2.75) is 20.0 Å². The quantitative estimate of drug-likeness (QED) is 0.396. The van der Waals surface area contributed by atoms with Gasteiger partial charge in [0.15, 0.2) is 0 Å². The number of anilines is 2. The van der Waals surface area contributed by atoms with Crippen LogP contribution in [0.2, 0.25) is 5.02 Å². The topological polar surface area (TPSA) is 61.3 Å². The lowest BCUT2D eigenvalue weighted by Crippen LogP contribution is -2.49. The van der Waals surface area contributed by atoms with Crippen molar-refractivity contribution in [2.75, 3.05) is 68.8 Å². The van der Waals surface area contributed by atoms with E-state index in [2.05, 4.69) is 32.9 Å². The molecule has 3 aromatic rings. The zero-order valence-electron chi connectivity index (χ0n) is 22.5. The lowest BCUT2D eigenvalue weighted by Gasteiger charge is -2.36. The molecule has 1 aromatic heterocycles. The van der Waals surface area contributed by atoms with Crippen LogP contribution in [-0.4, -0.2) is 85.2 Å². The summed E-state index contributed by atoms with van der Waals surface area (Å²) in [5.74, 6) is -0.288. The van der Waals surface area contributed by atoms with Crippen LogP contribution in [-0.2, 0) is 22.6 Å². The van der Waals surface area contributed by atoms with E-state index in [1.807, 2.05) is 58.1 Å². The van der Waals surface area contributed by atoms with Crippen LogP contribution in [0.4, 0.5) is 11.4 Å². The van der Waals surface area contributed by atoms with Crippen molar-refractivity contribution in [2.24, 2.45) is 0 Å². The summed E-state index contributed by atoms with van der Waals surface area (Å²) in [6.45, 7) is 9.41. The van der Waals surface area contributed by atoms with Gasteiger partial charge in [-0.3, -0.25) is 14.5 Å². The molecule has 39 heavy (non-hydrogen) atoms. The van der Waals surface area contributed by atoms with Gasteiger partial charge in [0.1, 0.15) is 12.3 Å². The maximum absolute atomic E-state index is 13.6. The van der Waals surface area contributed by atoms with Gasteiger partial charge in [-0.2, -0.15) is 0 Å². The smallest absolute Gasteiger partial charge is 0.302 e. The van der Waals surface area contributed by atoms with Crippen molar-refractivity contribution in [1.82, 2.24) is 14.4 Å². The first-order valence-corrected chi connectivity index (χ1v) is 14.0. The Morgan fingerprint density at radius 2 is 1.51 bits per heavy atom. The van der Waals surface area contributed by atoms with Gasteiger partial charge in [-0.25, -0.2) is 0 Å². The summed E-state index contributed by atoms with van der Waals surface area (Å²) in [4.78, 5) is 34.0. The number of esters is 1. The number of benzene rings is 2. The summed E-state index contributed by atoms with van der Waals surface area (Å²) in [6, 6.07) is 20.3. The summed E-state index contributed by atoms with van der Waals surface area (Å²) in [5, 5.41) is 0.781. The largest absolute Gasteiger partial charge is 0.464 e. The van der Waals surface area contributed by atoms with Gasteiger partial charge in [0, 0.05) is 77.7 Å². The second kappa shape index (κ2) is 12.6. The minimum absolute atomic E-state index is 0.0281. The number of aromatic nitrogens is 1. The van der Waals surface area contributed by atoms with Crippen LogP contribution in [0.15, 0.2) is 66.9 Å². The van der Waals surface area contributed by atoms with E-state index >= 15 is 0 Å². The molecule has 0 bridgehead atoms. The normalized spacial score (nSPS) is 16.4. The Morgan fingerprint density at radius 3 is 2.21 bits per heavy atom. The minimum atomic E-state index is -0.316. The lowest BCUT2D eigenvalue weighted by atomic mass is 10.2. The van der Waals surface area contributed by atoms with Gasteiger partial charge in [0.2, 0.25) is 0 Å². The molecule has 0 saturated carbocycles. The number of piperazine rings is 2. The first kappa shape index (κ1) is 27.1. The predicted octanol–water partition coefficient (Wildman–Crippen LogP) is 3.99. The van der Waals surface area contributed by atoms with Crippen LogP contribution in [0.3, 0.4) is 0 Å². The molecule has 0 radical (unpaired) electrons. The third-order valence-electron chi connectivity index (χ3n) is 7.47. The fourth-order valence-electron chi connectivity index (χ4n) is 5.39. The van der Waals surface area contributed by atoms with E-state index in [4.69, 9.17) is 16.3 Å². The molecule has 2 aromatic carbocycles. The highest BCUT2D eigenvalue weighted by atomic mass is 35.5. The second-order valence-electron chi connectivity index (χ2n) is 10.1. The van der Waals surface area contributed by atoms with Crippen LogP contribution in [0.5, 0.6) is 0 Å². The zero-order valence-corrected chi connectivity index (χ0v) is 23.2. The highest BCUT2D eigenvalue weighted by molar-refractivity contribution is 6.33. The molecule has 0 unspecified atom stereocenters. The molecule has 0 aliphatic carbocycles. The molecule has 0 N–H and O–H groups in total. The number of ether oxygens (including phenoxy) is 1. The number of hydrogen-bond donors (Lipinski definition) is 0. The Bertz CT molecular complexity index is 1260. The molecule has 206 valence electrons. The predicted molar refractivity (Wildman–Crippen MR) is 155 cm³/mol. The second-order valence-corrected chi connectivity index (χ2v) is 10.5. The first-order valence-electron chi connectivity index (χ1n) is 13.6. The standard InChI is InChI=1S/C30H36ClN5O3/c1-24(37)39-20-19-36-23-25(22-32-11-13-34(14-12-32)28-10-6-5-9-27(28)31)21-29(36)30(38)35-17-15-33(16-18-35)26-7-3-2-4-8-26/h2-10,21,23H,11-20,22H2,1H3. The van der Waals surface area contributed by atoms with Gasteiger partial charge in [0.05, 0.1) is 17.3 Å². The molecular formula is C30H36ClN5O3. The number of rotatable bonds is 8. The van der Waals surface area contributed by atoms with E-state index in [9.17, 15) is 9.59 Å². The Morgan fingerprint density at radius 1 is 0.846 bits per heavy atom. The number of amides is 1. The van der Waals surface area contributed by atoms with Gasteiger partial charge in [0.25, 0.3) is 5.91 Å². The summed E-state index contributed by atoms with van der Waals surface area (Å²) in [6.07, 6.45) is 2.04. The maximum atomic E-state index is 13.6. The summed E-state index contributed by atoms with van der Waals surface area (Å²) >= 11 is 6.41. The van der Waals surface area contributed by atoms with E-state index in [-0.39, 0.29) is 18.5 Å². The van der Waals surface area contributed by atoms with Crippen molar-refractivity contribution >= 4 is 34.9 Å². The van der Waals surface area contributed by atoms with Crippen molar-refractivity contribution in [3.8, 4) is 0 Å². The van der Waals surface area contributed by atoms with Crippen LogP contribution in [0, 0.1) is 0 Å². The first-order chi connectivity index (χ1) is 19.0. The third kappa shape index (κ3) is 6.75. The Balaban J connectivity index is 1.23. The number of nitrogens with zero attached hydrogens (tertiary/aromatic N) is 5. The highest BCUT2D eigenvalue weighted by Gasteiger charge is 2.26. The average Bonchev–Trinajstić information content (AvgIpc) is 3.36. The molecule has 2 fully saturated rings. The Labute approximate surface area is 235 Å². The van der Waals surface area contributed by atoms with E-state index in [0.29, 0.717) is 25.3 Å². The van der Waals surface area contributed by atoms with E-state index in [1.54, 1.807) is 0 Å². The molecule has 2 saturated heterocycles. The van der Waals surface area contributed by atoms with Gasteiger partial charge >= 0.3 is 5.97 Å². The summed E-state index contributed by atoms with van der Waals surface area (Å²) < 4.78 is 7.14. The van der Waals surface area contributed by atoms with E-state index in [0.717, 1.165) is 62.1 Å². The van der Waals surface area contributed by atoms with Crippen LogP contribution in [0.25, 0.3) is 0 Å². The summed E-state index contributed by atoms with van der Waals surface area (Å²) in [5.41, 5.74) is 4.01. The number of carbonyl (C=O) groups excluding carboxylic acids is 2. The fraction of sp³-hybridized carbons (Fsp3) is 0.400. The highest BCUT2D eigenvalue weighted by Crippen LogP contribution is 2.26. The number of hydrogen-bond acceptors (Lipinski definition) is 6. The van der Waals surface area contributed by atoms with Crippen molar-refractivity contribution in [3.05, 3.63) is 83.1 Å². The Hall–Kier alpha value is -3.49. The zero-order chi connectivity index (χ0) is 27.2. The van der Waals surface area contributed by atoms with Crippen molar-refractivity contribution < 1.29 is 14.3 Å². The molecule has 9 heteroatoms. The van der Waals surface area contributed by atoms with Gasteiger partial charge in [-0.15, -0.1) is 0 Å². The van der Waals surface area contributed by atoms with E-state index in [1.165, 1.54) is 12.6 Å². The van der Waals surface area contributed by atoms with Crippen molar-refractivity contribution in [3.63, 3.8) is 0 Å².